The number of nitrogens with one attached hydrogen (secondary N) is 1. The molecule has 0 bridgehead atoms. The molecular weight excluding hydrogens is 305 g/mol. The number of hydrogen-bond donors (Lipinski definition) is 2. The highest BCUT2D eigenvalue weighted by atomic mass is 19.1. The molecule has 0 aromatic heterocycles. The molecule has 1 unspecified atom stereocenters. The first-order valence-electron chi connectivity index (χ1n) is 7.45. The number of carbonyl (C=O) groups is 2. The van der Waals surface area contributed by atoms with Crippen molar-refractivity contribution in [3.63, 3.8) is 0 Å². The zero-order chi connectivity index (χ0) is 17.1. The highest BCUT2D eigenvalue weighted by Gasteiger charge is 2.23. The van der Waals surface area contributed by atoms with E-state index < -0.39 is 17.8 Å². The van der Waals surface area contributed by atoms with Gasteiger partial charge in [0, 0.05) is 12.1 Å². The van der Waals surface area contributed by atoms with Crippen LogP contribution in [0.5, 0.6) is 0 Å². The summed E-state index contributed by atoms with van der Waals surface area (Å²) in [4.78, 5) is 24.1. The minimum atomic E-state index is -0.780. The number of benzene rings is 1. The quantitative estimate of drug-likeness (QED) is 0.357. The number of aliphatic hydroxyl groups excluding tert-OH is 1. The van der Waals surface area contributed by atoms with Gasteiger partial charge in [-0.3, -0.25) is 9.59 Å². The number of carbonyl (C=O) groups excluding carboxylic acids is 2. The molecule has 23 heavy (non-hydrogen) atoms. The number of esters is 1. The molecule has 0 saturated heterocycles. The number of Topliss-reactive ketones (excluding diaryl/α,β-unsaturated/α-hetero) is 1. The van der Waals surface area contributed by atoms with E-state index >= 15 is 0 Å². The van der Waals surface area contributed by atoms with E-state index in [0.717, 1.165) is 0 Å². The fourth-order valence-electron chi connectivity index (χ4n) is 1.93. The average molecular weight is 327 g/mol. The third-order valence-electron chi connectivity index (χ3n) is 2.99. The van der Waals surface area contributed by atoms with Gasteiger partial charge in [-0.05, 0) is 31.2 Å². The summed E-state index contributed by atoms with van der Waals surface area (Å²) in [7, 11) is 0. The average Bonchev–Trinajstić information content (AvgIpc) is 2.54. The molecule has 1 atom stereocenters. The zero-order valence-electron chi connectivity index (χ0n) is 13.1. The lowest BCUT2D eigenvalue weighted by Gasteiger charge is -2.17. The number of hydrogen-bond acceptors (Lipinski definition) is 6. The van der Waals surface area contributed by atoms with Crippen LogP contribution in [0, 0.1) is 5.82 Å². The number of halogens is 1. The van der Waals surface area contributed by atoms with Crippen LogP contribution >= 0.6 is 0 Å². The molecule has 7 heteroatoms. The Labute approximate surface area is 134 Å². The van der Waals surface area contributed by atoms with Crippen LogP contribution in [0.4, 0.5) is 4.39 Å². The lowest BCUT2D eigenvalue weighted by molar-refractivity contribution is -0.143. The van der Waals surface area contributed by atoms with Crippen LogP contribution in [-0.4, -0.2) is 55.9 Å². The van der Waals surface area contributed by atoms with Crippen molar-refractivity contribution in [1.82, 2.24) is 5.32 Å². The fraction of sp³-hybridized carbons (Fsp3) is 0.500. The molecule has 1 aromatic rings. The van der Waals surface area contributed by atoms with E-state index in [9.17, 15) is 14.0 Å². The van der Waals surface area contributed by atoms with Crippen LogP contribution in [0.3, 0.4) is 0 Å². The Kier molecular flexibility index (Phi) is 9.04. The highest BCUT2D eigenvalue weighted by molar-refractivity contribution is 6.01. The maximum atomic E-state index is 12.9. The van der Waals surface area contributed by atoms with Crippen molar-refractivity contribution in [3.05, 3.63) is 35.6 Å². The summed E-state index contributed by atoms with van der Waals surface area (Å²) in [6.07, 6.45) is -0.121. The molecule has 6 nitrogen and oxygen atoms in total. The largest absolute Gasteiger partial charge is 0.466 e. The molecule has 0 heterocycles. The monoisotopic (exact) mass is 327 g/mol. The van der Waals surface area contributed by atoms with E-state index in [1.807, 2.05) is 0 Å². The molecule has 0 fully saturated rings. The van der Waals surface area contributed by atoms with Gasteiger partial charge in [-0.25, -0.2) is 4.39 Å². The summed E-state index contributed by atoms with van der Waals surface area (Å²) in [6.45, 7) is 2.66. The van der Waals surface area contributed by atoms with Crippen LogP contribution in [0.25, 0.3) is 0 Å². The third-order valence-corrected chi connectivity index (χ3v) is 2.99. The first-order chi connectivity index (χ1) is 11.1. The van der Waals surface area contributed by atoms with Gasteiger partial charge in [0.15, 0.2) is 5.78 Å². The van der Waals surface area contributed by atoms with Gasteiger partial charge in [0.25, 0.3) is 0 Å². The zero-order valence-corrected chi connectivity index (χ0v) is 13.1. The Balaban J connectivity index is 2.66. The minimum Gasteiger partial charge on any atom is -0.466 e. The van der Waals surface area contributed by atoms with Gasteiger partial charge in [-0.1, -0.05) is 0 Å². The molecule has 1 aromatic carbocycles. The SMILES string of the molecule is CCOC(=O)CC(NCCOCCO)C(=O)c1ccc(F)cc1. The van der Waals surface area contributed by atoms with Gasteiger partial charge < -0.3 is 19.9 Å². The summed E-state index contributed by atoms with van der Waals surface area (Å²) < 4.78 is 22.9. The van der Waals surface area contributed by atoms with E-state index in [1.165, 1.54) is 24.3 Å². The van der Waals surface area contributed by atoms with Gasteiger partial charge in [0.2, 0.25) is 0 Å². The van der Waals surface area contributed by atoms with E-state index in [-0.39, 0.29) is 38.6 Å². The van der Waals surface area contributed by atoms with E-state index in [2.05, 4.69) is 5.32 Å². The molecule has 0 aliphatic carbocycles. The fourth-order valence-corrected chi connectivity index (χ4v) is 1.93. The summed E-state index contributed by atoms with van der Waals surface area (Å²) >= 11 is 0. The van der Waals surface area contributed by atoms with Gasteiger partial charge in [-0.2, -0.15) is 0 Å². The highest BCUT2D eigenvalue weighted by Crippen LogP contribution is 2.09. The van der Waals surface area contributed by atoms with E-state index in [0.29, 0.717) is 12.1 Å². The topological polar surface area (TPSA) is 84.9 Å². The molecule has 0 aliphatic rings. The predicted octanol–water partition coefficient (Wildman–Crippen LogP) is 0.929. The van der Waals surface area contributed by atoms with Gasteiger partial charge in [-0.15, -0.1) is 0 Å². The molecule has 1 rings (SSSR count). The van der Waals surface area contributed by atoms with Gasteiger partial charge in [0.1, 0.15) is 5.82 Å². The standard InChI is InChI=1S/C16H22FNO5/c1-2-23-15(20)11-14(18-7-9-22-10-8-19)16(21)12-3-5-13(17)6-4-12/h3-6,14,18-19H,2,7-11H2,1H3. The summed E-state index contributed by atoms with van der Waals surface area (Å²) in [6, 6.07) is 4.36. The second-order valence-corrected chi connectivity index (χ2v) is 4.72. The van der Waals surface area contributed by atoms with Crippen molar-refractivity contribution in [2.75, 3.05) is 33.0 Å². The van der Waals surface area contributed by atoms with Crippen molar-refractivity contribution >= 4 is 11.8 Å². The predicted molar refractivity (Wildman–Crippen MR) is 81.7 cm³/mol. The van der Waals surface area contributed by atoms with Crippen LogP contribution in [-0.2, 0) is 14.3 Å². The lowest BCUT2D eigenvalue weighted by Crippen LogP contribution is -2.40. The Bertz CT molecular complexity index is 492. The summed E-state index contributed by atoms with van der Waals surface area (Å²) in [5, 5.41) is 11.6. The van der Waals surface area contributed by atoms with Crippen LogP contribution in [0.1, 0.15) is 23.7 Å². The van der Waals surface area contributed by atoms with E-state index in [1.54, 1.807) is 6.92 Å². The Morgan fingerprint density at radius 2 is 1.96 bits per heavy atom. The maximum Gasteiger partial charge on any atom is 0.307 e. The van der Waals surface area contributed by atoms with Crippen LogP contribution in [0.15, 0.2) is 24.3 Å². The molecule has 0 saturated carbocycles. The van der Waals surface area contributed by atoms with Crippen molar-refractivity contribution in [2.24, 2.45) is 0 Å². The van der Waals surface area contributed by atoms with Crippen molar-refractivity contribution < 1.29 is 28.6 Å². The molecule has 0 spiro atoms. The third kappa shape index (κ3) is 7.32. The summed E-state index contributed by atoms with van der Waals surface area (Å²) in [5.41, 5.74) is 0.310. The van der Waals surface area contributed by atoms with Crippen LogP contribution < -0.4 is 5.32 Å². The molecule has 128 valence electrons. The maximum absolute atomic E-state index is 12.9. The van der Waals surface area contributed by atoms with Crippen molar-refractivity contribution in [1.29, 1.82) is 0 Å². The molecule has 2 N–H and O–H groups in total. The number of ether oxygens (including phenoxy) is 2. The van der Waals surface area contributed by atoms with E-state index in [4.69, 9.17) is 14.6 Å². The Hall–Kier alpha value is -1.83. The smallest absolute Gasteiger partial charge is 0.307 e. The minimum absolute atomic E-state index is 0.0826. The molecular formula is C16H22FNO5. The number of aliphatic hydroxyl groups is 1. The number of ketones is 1. The Morgan fingerprint density at radius 1 is 1.26 bits per heavy atom. The first-order valence-corrected chi connectivity index (χ1v) is 7.45. The van der Waals surface area contributed by atoms with Crippen molar-refractivity contribution in [3.8, 4) is 0 Å². The lowest BCUT2D eigenvalue weighted by atomic mass is 10.0. The van der Waals surface area contributed by atoms with Crippen molar-refractivity contribution in [2.45, 2.75) is 19.4 Å². The Morgan fingerprint density at radius 3 is 2.57 bits per heavy atom. The van der Waals surface area contributed by atoms with Crippen LogP contribution in [0.2, 0.25) is 0 Å². The normalized spacial score (nSPS) is 12.0. The molecule has 0 amide bonds. The number of rotatable bonds is 11. The second kappa shape index (κ2) is 10.8. The summed E-state index contributed by atoms with van der Waals surface area (Å²) in [5.74, 6) is -1.24. The van der Waals surface area contributed by atoms with Gasteiger partial charge >= 0.3 is 5.97 Å². The molecule has 0 aliphatic heterocycles. The second-order valence-electron chi connectivity index (χ2n) is 4.72. The van der Waals surface area contributed by atoms with Gasteiger partial charge in [0.05, 0.1) is 38.9 Å². The molecule has 0 radical (unpaired) electrons. The first kappa shape index (κ1) is 19.2.